The van der Waals surface area contributed by atoms with Crippen LogP contribution in [0.4, 0.5) is 0 Å². The second-order valence-corrected chi connectivity index (χ2v) is 3.17. The molecule has 2 heteroatoms. The Morgan fingerprint density at radius 1 is 1.29 bits per heavy atom. The number of aliphatic hydroxyl groups is 1. The van der Waals surface area contributed by atoms with E-state index in [0.717, 1.165) is 5.56 Å². The Morgan fingerprint density at radius 2 is 1.93 bits per heavy atom. The Morgan fingerprint density at radius 3 is 2.43 bits per heavy atom. The van der Waals surface area contributed by atoms with Crippen molar-refractivity contribution in [3.8, 4) is 0 Å². The van der Waals surface area contributed by atoms with Crippen LogP contribution in [0.15, 0.2) is 36.6 Å². The number of hydrogen-bond acceptors (Lipinski definition) is 1. The second kappa shape index (κ2) is 6.16. The normalized spacial score (nSPS) is 9.86. The monoisotopic (exact) mass is 263 g/mol. The Hall–Kier alpha value is -0.396. The topological polar surface area (TPSA) is 20.2 Å². The molecule has 0 atom stereocenters. The Balaban J connectivity index is 0.00000169. The van der Waals surface area contributed by atoms with E-state index in [0.29, 0.717) is 0 Å². The molecule has 0 bridgehead atoms. The first-order valence-electron chi connectivity index (χ1n) is 4.23. The molecule has 0 saturated carbocycles. The summed E-state index contributed by atoms with van der Waals surface area (Å²) in [6, 6.07) is 6.16. The van der Waals surface area contributed by atoms with Gasteiger partial charge in [-0.25, -0.2) is 0 Å². The number of allylic oxidation sites excluding steroid dienone is 1. The quantitative estimate of drug-likeness (QED) is 0.640. The largest absolute Gasteiger partial charge is 0.509 e. The predicted molar refractivity (Wildman–Crippen MR) is 56.7 cm³/mol. The third kappa shape index (κ3) is 4.21. The van der Waals surface area contributed by atoms with Crippen LogP contribution >= 0.6 is 0 Å². The van der Waals surface area contributed by atoms with Crippen LogP contribution in [0.1, 0.15) is 16.7 Å². The summed E-state index contributed by atoms with van der Waals surface area (Å²) >= 11 is 0. The number of aryl methyl sites for hydroxylation is 2. The van der Waals surface area contributed by atoms with Gasteiger partial charge in [0, 0.05) is 32.7 Å². The van der Waals surface area contributed by atoms with E-state index in [2.05, 4.69) is 32.6 Å². The molecule has 1 aromatic carbocycles. The molecule has 0 unspecified atom stereocenters. The van der Waals surface area contributed by atoms with Gasteiger partial charge in [-0.3, -0.25) is 0 Å². The molecular weight excluding hydrogens is 249 g/mol. The first kappa shape index (κ1) is 13.6. The van der Waals surface area contributed by atoms with Gasteiger partial charge in [-0.1, -0.05) is 30.9 Å². The SMILES string of the molecule is C=C(O)/C=C/c1ccc(C)c(C)c1.[Y]. The van der Waals surface area contributed by atoms with Gasteiger partial charge in [-0.15, -0.1) is 0 Å². The van der Waals surface area contributed by atoms with Crippen LogP contribution in [0, 0.1) is 13.8 Å². The molecule has 0 aromatic heterocycles. The zero-order chi connectivity index (χ0) is 9.84. The maximum Gasteiger partial charge on any atom is 0.108 e. The summed E-state index contributed by atoms with van der Waals surface area (Å²) in [6.45, 7) is 7.53. The van der Waals surface area contributed by atoms with Crippen LogP contribution < -0.4 is 0 Å². The van der Waals surface area contributed by atoms with Gasteiger partial charge in [0.1, 0.15) is 5.76 Å². The van der Waals surface area contributed by atoms with Crippen LogP contribution in [0.5, 0.6) is 0 Å². The number of rotatable bonds is 2. The van der Waals surface area contributed by atoms with Crippen LogP contribution in [-0.4, -0.2) is 5.11 Å². The number of aliphatic hydroxyl groups excluding tert-OH is 1. The van der Waals surface area contributed by atoms with E-state index in [9.17, 15) is 0 Å². The summed E-state index contributed by atoms with van der Waals surface area (Å²) in [6.07, 6.45) is 3.43. The Labute approximate surface area is 110 Å². The first-order chi connectivity index (χ1) is 6.09. The van der Waals surface area contributed by atoms with E-state index >= 15 is 0 Å². The van der Waals surface area contributed by atoms with E-state index in [-0.39, 0.29) is 38.5 Å². The van der Waals surface area contributed by atoms with Gasteiger partial charge in [0.25, 0.3) is 0 Å². The van der Waals surface area contributed by atoms with E-state index in [1.807, 2.05) is 12.1 Å². The van der Waals surface area contributed by atoms with E-state index < -0.39 is 0 Å². The van der Waals surface area contributed by atoms with Gasteiger partial charge in [-0.2, -0.15) is 0 Å². The van der Waals surface area contributed by atoms with Crippen molar-refractivity contribution in [2.45, 2.75) is 13.8 Å². The maximum atomic E-state index is 8.86. The average molecular weight is 263 g/mol. The van der Waals surface area contributed by atoms with Gasteiger partial charge in [-0.05, 0) is 36.6 Å². The fourth-order valence-corrected chi connectivity index (χ4v) is 1.06. The molecule has 0 saturated heterocycles. The molecule has 0 fully saturated rings. The van der Waals surface area contributed by atoms with Crippen molar-refractivity contribution in [2.24, 2.45) is 0 Å². The maximum absolute atomic E-state index is 8.86. The summed E-state index contributed by atoms with van der Waals surface area (Å²) in [5, 5.41) is 8.86. The van der Waals surface area contributed by atoms with Crippen molar-refractivity contribution in [1.29, 1.82) is 0 Å². The summed E-state index contributed by atoms with van der Waals surface area (Å²) in [5.41, 5.74) is 3.61. The minimum absolute atomic E-state index is 0. The molecule has 1 aromatic rings. The van der Waals surface area contributed by atoms with Crippen molar-refractivity contribution in [2.75, 3.05) is 0 Å². The van der Waals surface area contributed by atoms with E-state index in [4.69, 9.17) is 5.11 Å². The molecule has 0 aliphatic carbocycles. The van der Waals surface area contributed by atoms with Crippen molar-refractivity contribution in [3.05, 3.63) is 53.3 Å². The van der Waals surface area contributed by atoms with Gasteiger partial charge >= 0.3 is 0 Å². The fraction of sp³-hybridized carbons (Fsp3) is 0.167. The van der Waals surface area contributed by atoms with Crippen molar-refractivity contribution in [1.82, 2.24) is 0 Å². The molecule has 1 N–H and O–H groups in total. The standard InChI is InChI=1S/C12H14O.Y/c1-9-4-6-12(8-10(9)2)7-5-11(3)13;/h4-8,13H,3H2,1-2H3;/b7-5+;. The third-order valence-corrected chi connectivity index (χ3v) is 2.00. The van der Waals surface area contributed by atoms with Crippen LogP contribution in [0.3, 0.4) is 0 Å². The van der Waals surface area contributed by atoms with Gasteiger partial charge in [0.05, 0.1) is 0 Å². The predicted octanol–water partition coefficient (Wildman–Crippen LogP) is 3.39. The number of benzene rings is 1. The van der Waals surface area contributed by atoms with Crippen LogP contribution in [-0.2, 0) is 32.7 Å². The average Bonchev–Trinajstić information content (AvgIpc) is 2.07. The molecule has 1 radical (unpaired) electrons. The molecule has 0 aliphatic rings. The molecule has 14 heavy (non-hydrogen) atoms. The van der Waals surface area contributed by atoms with Crippen molar-refractivity contribution < 1.29 is 37.8 Å². The molecule has 1 nitrogen and oxygen atoms in total. The van der Waals surface area contributed by atoms with Crippen molar-refractivity contribution >= 4 is 6.08 Å². The summed E-state index contributed by atoms with van der Waals surface area (Å²) in [7, 11) is 0. The summed E-state index contributed by atoms with van der Waals surface area (Å²) in [5.74, 6) is 0.0817. The van der Waals surface area contributed by atoms with Gasteiger partial charge in [0.15, 0.2) is 0 Å². The summed E-state index contributed by atoms with van der Waals surface area (Å²) < 4.78 is 0. The smallest absolute Gasteiger partial charge is 0.108 e. The minimum Gasteiger partial charge on any atom is -0.509 e. The van der Waals surface area contributed by atoms with Crippen LogP contribution in [0.25, 0.3) is 6.08 Å². The molecule has 1 rings (SSSR count). The summed E-state index contributed by atoms with van der Waals surface area (Å²) in [4.78, 5) is 0. The molecule has 0 aliphatic heterocycles. The number of hydrogen-bond donors (Lipinski definition) is 1. The second-order valence-electron chi connectivity index (χ2n) is 3.17. The zero-order valence-electron chi connectivity index (χ0n) is 8.62. The van der Waals surface area contributed by atoms with Gasteiger partial charge < -0.3 is 5.11 Å². The Bertz CT molecular complexity index is 353. The molecule has 0 amide bonds. The van der Waals surface area contributed by atoms with Gasteiger partial charge in [0.2, 0.25) is 0 Å². The third-order valence-electron chi connectivity index (χ3n) is 2.00. The van der Waals surface area contributed by atoms with E-state index in [1.165, 1.54) is 11.1 Å². The molecular formula is C12H14OY. The minimum atomic E-state index is 0. The fourth-order valence-electron chi connectivity index (χ4n) is 1.06. The van der Waals surface area contributed by atoms with E-state index in [1.54, 1.807) is 6.08 Å². The molecule has 0 spiro atoms. The molecule has 71 valence electrons. The van der Waals surface area contributed by atoms with Crippen molar-refractivity contribution in [3.63, 3.8) is 0 Å². The molecule has 0 heterocycles. The van der Waals surface area contributed by atoms with Crippen LogP contribution in [0.2, 0.25) is 0 Å². The Kier molecular flexibility index (Phi) is 5.98. The first-order valence-corrected chi connectivity index (χ1v) is 4.23. The zero-order valence-corrected chi connectivity index (χ0v) is 11.5.